The fraction of sp³-hybridized carbons (Fsp3) is 0.217. The molecule has 0 radical (unpaired) electrons. The van der Waals surface area contributed by atoms with Crippen LogP contribution in [0.1, 0.15) is 81.4 Å². The van der Waals surface area contributed by atoms with Gasteiger partial charge in [-0.1, -0.05) is 91.0 Å². The highest BCUT2D eigenvalue weighted by Crippen LogP contribution is 2.43. The van der Waals surface area contributed by atoms with Gasteiger partial charge in [0.05, 0.1) is 0 Å². The molecule has 9 aromatic carbocycles. The highest BCUT2D eigenvalue weighted by Gasteiger charge is 2.36. The summed E-state index contributed by atoms with van der Waals surface area (Å²) in [7, 11) is 11.9. The predicted octanol–water partition coefficient (Wildman–Crippen LogP) is 12.3. The number of amides is 6. The molecule has 9 aromatic rings. The summed E-state index contributed by atoms with van der Waals surface area (Å²) in [6, 6.07) is 53.4. The van der Waals surface area contributed by atoms with Crippen LogP contribution in [0.3, 0.4) is 0 Å². The smallest absolute Gasteiger partial charge is 0.261 e. The lowest BCUT2D eigenvalue weighted by Crippen LogP contribution is -2.41. The van der Waals surface area contributed by atoms with Gasteiger partial charge in [0.25, 0.3) is 35.4 Å². The molecule has 0 bridgehead atoms. The van der Waals surface area contributed by atoms with Crippen LogP contribution in [0.2, 0.25) is 0 Å². The summed E-state index contributed by atoms with van der Waals surface area (Å²) in [4.78, 5) is 96.0. The first-order chi connectivity index (χ1) is 39.7. The van der Waals surface area contributed by atoms with E-state index in [1.807, 2.05) is 148 Å². The SMILES string of the molecule is CN(C)CCCN1C(=O)c2cccc3c(-c4ccc(N(c5ccc(-c6ccc7c8c(cccc68)C(=O)N(CCCN(C)C)C7=O)cc5)c5ccc(-c6ccc7c8c(cccc68)C(=O)N(CCCN(C)C)C7=O)cc5)cc4)ccc(c23)C1=O. The van der Waals surface area contributed by atoms with Crippen LogP contribution in [-0.4, -0.2) is 146 Å². The molecule has 0 saturated heterocycles. The molecule has 13 nitrogen and oxygen atoms in total. The summed E-state index contributed by atoms with van der Waals surface area (Å²) in [5.74, 6) is -1.66. The van der Waals surface area contributed by atoms with Gasteiger partial charge in [0, 0.05) is 86.2 Å². The Hall–Kier alpha value is -9.14. The normalized spacial score (nSPS) is 14.1. The highest BCUT2D eigenvalue weighted by molar-refractivity contribution is 6.29. The van der Waals surface area contributed by atoms with Gasteiger partial charge in [-0.2, -0.15) is 0 Å². The van der Waals surface area contributed by atoms with E-state index in [-0.39, 0.29) is 35.4 Å². The minimum absolute atomic E-state index is 0.276. The van der Waals surface area contributed by atoms with Crippen molar-refractivity contribution in [2.45, 2.75) is 19.3 Å². The van der Waals surface area contributed by atoms with E-state index in [1.54, 1.807) is 0 Å². The van der Waals surface area contributed by atoms with Crippen molar-refractivity contribution in [2.75, 3.05) is 86.5 Å². The van der Waals surface area contributed by atoms with Gasteiger partial charge < -0.3 is 19.6 Å². The van der Waals surface area contributed by atoms with Crippen LogP contribution in [0, 0.1) is 0 Å². The number of nitrogens with zero attached hydrogens (tertiary/aromatic N) is 7. The molecule has 0 N–H and O–H groups in total. The molecule has 3 aliphatic heterocycles. The van der Waals surface area contributed by atoms with Crippen LogP contribution >= 0.6 is 0 Å². The van der Waals surface area contributed by atoms with Crippen LogP contribution < -0.4 is 4.90 Å². The Morgan fingerprint density at radius 1 is 0.280 bits per heavy atom. The van der Waals surface area contributed by atoms with Gasteiger partial charge in [-0.25, -0.2) is 0 Å². The predicted molar refractivity (Wildman–Crippen MR) is 326 cm³/mol. The molecule has 0 spiro atoms. The number of hydrogen-bond acceptors (Lipinski definition) is 10. The average molecular weight is 1090 g/mol. The summed E-state index contributed by atoms with van der Waals surface area (Å²) in [5.41, 5.74) is 11.2. The monoisotopic (exact) mass is 1090 g/mol. The number of hydrogen-bond donors (Lipinski definition) is 0. The molecule has 0 atom stereocenters. The van der Waals surface area contributed by atoms with Crippen molar-refractivity contribution < 1.29 is 28.8 Å². The first-order valence-electron chi connectivity index (χ1n) is 28.0. The summed E-state index contributed by atoms with van der Waals surface area (Å²) >= 11 is 0. The third-order valence-electron chi connectivity index (χ3n) is 16.2. The maximum Gasteiger partial charge on any atom is 0.261 e. The van der Waals surface area contributed by atoms with Crippen LogP contribution in [0.25, 0.3) is 65.7 Å². The average Bonchev–Trinajstić information content (AvgIpc) is 3.60. The molecular weight excluding hydrogens is 1020 g/mol. The lowest BCUT2D eigenvalue weighted by Gasteiger charge is -2.29. The minimum Gasteiger partial charge on any atom is -0.311 e. The summed E-state index contributed by atoms with van der Waals surface area (Å²) in [6.07, 6.45) is 2.03. The summed E-state index contributed by atoms with van der Waals surface area (Å²) < 4.78 is 0. The molecule has 12 rings (SSSR count). The number of carbonyl (C=O) groups excluding carboxylic acids is 6. The van der Waals surface area contributed by atoms with E-state index in [9.17, 15) is 28.8 Å². The van der Waals surface area contributed by atoms with Crippen LogP contribution in [-0.2, 0) is 0 Å². The van der Waals surface area contributed by atoms with E-state index in [2.05, 4.69) is 77.7 Å². The Morgan fingerprint density at radius 2 is 0.512 bits per heavy atom. The number of rotatable bonds is 18. The Kier molecular flexibility index (Phi) is 14.2. The van der Waals surface area contributed by atoms with Crippen LogP contribution in [0.15, 0.2) is 164 Å². The molecule has 6 amide bonds. The quantitative estimate of drug-likeness (QED) is 0.0767. The topological polar surface area (TPSA) is 125 Å². The second kappa shape index (κ2) is 21.7. The molecule has 0 aromatic heterocycles. The van der Waals surface area contributed by atoms with E-state index in [0.29, 0.717) is 88.4 Å². The summed E-state index contributed by atoms with van der Waals surface area (Å²) in [5, 5.41) is 4.49. The molecular formula is C69H63N7O6. The zero-order chi connectivity index (χ0) is 57.1. The van der Waals surface area contributed by atoms with E-state index >= 15 is 0 Å². The molecule has 410 valence electrons. The maximum absolute atomic E-state index is 13.9. The Balaban J connectivity index is 0.905. The lowest BCUT2D eigenvalue weighted by molar-refractivity contribution is 0.0590. The van der Waals surface area contributed by atoms with Crippen molar-refractivity contribution in [1.82, 2.24) is 29.4 Å². The van der Waals surface area contributed by atoms with Gasteiger partial charge in [0.15, 0.2) is 0 Å². The zero-order valence-corrected chi connectivity index (χ0v) is 47.0. The first-order valence-corrected chi connectivity index (χ1v) is 28.0. The van der Waals surface area contributed by atoms with E-state index in [1.165, 1.54) is 14.7 Å². The maximum atomic E-state index is 13.9. The standard InChI is InChI=1S/C69H63N7O6/c1-70(2)37-10-40-73-64(77)55-16-7-13-52-49(31-34-58(61(52)55)67(73)80)43-19-25-46(26-20-43)76(47-27-21-44(22-28-47)50-32-35-59-62-53(50)14-8-17-56(62)65(78)74(68(59)81)41-11-38-71(3)4)48-29-23-45(24-30-48)51-33-36-60-63-54(51)15-9-18-57(63)66(79)75(69(60)82)42-12-39-72(5)6/h7-9,13-36H,10-12,37-42H2,1-6H3. The highest BCUT2D eigenvalue weighted by atomic mass is 16.2. The van der Waals surface area contributed by atoms with Crippen molar-refractivity contribution in [3.8, 4) is 33.4 Å². The van der Waals surface area contributed by atoms with Crippen LogP contribution in [0.5, 0.6) is 0 Å². The Bertz CT molecular complexity index is 3610. The van der Waals surface area contributed by atoms with Gasteiger partial charge in [-0.05, 0) is 204 Å². The van der Waals surface area contributed by atoms with Gasteiger partial charge in [-0.15, -0.1) is 0 Å². The number of imide groups is 3. The third-order valence-corrected chi connectivity index (χ3v) is 16.2. The molecule has 82 heavy (non-hydrogen) atoms. The fourth-order valence-electron chi connectivity index (χ4n) is 12.3. The Labute approximate surface area is 477 Å². The lowest BCUT2D eigenvalue weighted by atomic mass is 9.88. The van der Waals surface area contributed by atoms with Gasteiger partial charge in [-0.3, -0.25) is 43.5 Å². The summed E-state index contributed by atoms with van der Waals surface area (Å²) in [6.45, 7) is 3.30. The first kappa shape index (κ1) is 53.5. The minimum atomic E-state index is -0.276. The molecule has 3 heterocycles. The van der Waals surface area contributed by atoms with E-state index in [0.717, 1.165) is 86.2 Å². The largest absolute Gasteiger partial charge is 0.311 e. The second-order valence-electron chi connectivity index (χ2n) is 22.4. The molecule has 0 fully saturated rings. The zero-order valence-electron chi connectivity index (χ0n) is 47.0. The van der Waals surface area contributed by atoms with Crippen molar-refractivity contribution in [3.05, 3.63) is 197 Å². The van der Waals surface area contributed by atoms with Gasteiger partial charge in [0.2, 0.25) is 0 Å². The number of carbonyl (C=O) groups is 6. The second-order valence-corrected chi connectivity index (χ2v) is 22.4. The number of anilines is 3. The fourth-order valence-corrected chi connectivity index (χ4v) is 12.3. The van der Waals surface area contributed by atoms with E-state index in [4.69, 9.17) is 0 Å². The molecule has 0 unspecified atom stereocenters. The Morgan fingerprint density at radius 3 is 0.756 bits per heavy atom. The van der Waals surface area contributed by atoms with E-state index < -0.39 is 0 Å². The van der Waals surface area contributed by atoms with Crippen LogP contribution in [0.4, 0.5) is 17.1 Å². The molecule has 3 aliphatic rings. The van der Waals surface area contributed by atoms with Crippen molar-refractivity contribution in [2.24, 2.45) is 0 Å². The van der Waals surface area contributed by atoms with Gasteiger partial charge in [0.1, 0.15) is 0 Å². The van der Waals surface area contributed by atoms with Gasteiger partial charge >= 0.3 is 0 Å². The third kappa shape index (κ3) is 9.39. The van der Waals surface area contributed by atoms with Crippen molar-refractivity contribution in [1.29, 1.82) is 0 Å². The van der Waals surface area contributed by atoms with Crippen molar-refractivity contribution >= 4 is 84.8 Å². The molecule has 0 saturated carbocycles. The molecule has 13 heteroatoms. The van der Waals surface area contributed by atoms with Crippen molar-refractivity contribution in [3.63, 3.8) is 0 Å². The molecule has 0 aliphatic carbocycles. The number of benzene rings is 9.